The zero-order valence-electron chi connectivity index (χ0n) is 16.0. The molecule has 28 heavy (non-hydrogen) atoms. The van der Waals surface area contributed by atoms with Crippen molar-refractivity contribution in [2.24, 2.45) is 0 Å². The van der Waals surface area contributed by atoms with Gasteiger partial charge in [0.15, 0.2) is 0 Å². The summed E-state index contributed by atoms with van der Waals surface area (Å²) in [6.07, 6.45) is 0. The van der Waals surface area contributed by atoms with Crippen molar-refractivity contribution in [2.75, 3.05) is 68.7 Å². The van der Waals surface area contributed by atoms with Crippen molar-refractivity contribution in [1.29, 1.82) is 0 Å². The molecule has 2 fully saturated rings. The van der Waals surface area contributed by atoms with Gasteiger partial charge in [-0.15, -0.1) is 0 Å². The first-order valence-electron chi connectivity index (χ1n) is 9.87. The van der Waals surface area contributed by atoms with E-state index in [1.165, 1.54) is 11.8 Å². The third-order valence-corrected chi connectivity index (χ3v) is 5.51. The van der Waals surface area contributed by atoms with Gasteiger partial charge >= 0.3 is 0 Å². The van der Waals surface area contributed by atoms with E-state index >= 15 is 0 Å². The maximum absolute atomic E-state index is 13.3. The molecule has 1 aromatic carbocycles. The van der Waals surface area contributed by atoms with Crippen LogP contribution in [0.2, 0.25) is 0 Å². The predicted octanol–water partition coefficient (Wildman–Crippen LogP) is 1.69. The molecule has 2 saturated heterocycles. The Morgan fingerprint density at radius 2 is 1.50 bits per heavy atom. The van der Waals surface area contributed by atoms with Crippen LogP contribution in [-0.4, -0.2) is 79.6 Å². The highest BCUT2D eigenvalue weighted by Gasteiger charge is 2.25. The Hall–Kier alpha value is -2.67. The second-order valence-electron chi connectivity index (χ2n) is 7.29. The first-order chi connectivity index (χ1) is 13.7. The van der Waals surface area contributed by atoms with Crippen LogP contribution in [0.15, 0.2) is 48.5 Å². The molecule has 3 heterocycles. The lowest BCUT2D eigenvalue weighted by Crippen LogP contribution is -2.54. The normalized spacial score (nSPS) is 18.4. The maximum Gasteiger partial charge on any atom is 0.236 e. The van der Waals surface area contributed by atoms with Gasteiger partial charge in [-0.3, -0.25) is 9.69 Å². The lowest BCUT2D eigenvalue weighted by atomic mass is 10.2. The van der Waals surface area contributed by atoms with Gasteiger partial charge in [-0.25, -0.2) is 4.98 Å². The number of amides is 1. The molecule has 6 nitrogen and oxygen atoms in total. The standard InChI is InChI=1S/C21H26FN5O/c22-19-7-4-8-20(23-19)26-11-9-24(10-12-26)17-21(28)27-15-13-25(14-16-27)18-5-2-1-3-6-18/h1-8H,9-17H2. The molecular formula is C21H26FN5O. The lowest BCUT2D eigenvalue weighted by molar-refractivity contribution is -0.132. The molecule has 0 aliphatic carbocycles. The Morgan fingerprint density at radius 3 is 2.18 bits per heavy atom. The average molecular weight is 383 g/mol. The van der Waals surface area contributed by atoms with Gasteiger partial charge in [0.05, 0.1) is 6.54 Å². The van der Waals surface area contributed by atoms with E-state index in [1.54, 1.807) is 6.07 Å². The van der Waals surface area contributed by atoms with Crippen molar-refractivity contribution in [3.63, 3.8) is 0 Å². The number of piperazine rings is 2. The Kier molecular flexibility index (Phi) is 5.71. The number of pyridine rings is 1. The third kappa shape index (κ3) is 4.42. The van der Waals surface area contributed by atoms with E-state index in [2.05, 4.69) is 31.8 Å². The summed E-state index contributed by atoms with van der Waals surface area (Å²) in [6, 6.07) is 15.2. The summed E-state index contributed by atoms with van der Waals surface area (Å²) in [5.74, 6) is 0.415. The van der Waals surface area contributed by atoms with Crippen molar-refractivity contribution in [3.8, 4) is 0 Å². The third-order valence-electron chi connectivity index (χ3n) is 5.51. The number of aromatic nitrogens is 1. The van der Waals surface area contributed by atoms with E-state index in [1.807, 2.05) is 29.2 Å². The Labute approximate surface area is 165 Å². The van der Waals surface area contributed by atoms with Crippen molar-refractivity contribution in [1.82, 2.24) is 14.8 Å². The second-order valence-corrected chi connectivity index (χ2v) is 7.29. The van der Waals surface area contributed by atoms with Crippen LogP contribution in [0.3, 0.4) is 0 Å². The van der Waals surface area contributed by atoms with Gasteiger partial charge < -0.3 is 14.7 Å². The van der Waals surface area contributed by atoms with Crippen LogP contribution in [-0.2, 0) is 4.79 Å². The summed E-state index contributed by atoms with van der Waals surface area (Å²) in [5, 5.41) is 0. The highest BCUT2D eigenvalue weighted by atomic mass is 19.1. The number of carbonyl (C=O) groups is 1. The van der Waals surface area contributed by atoms with E-state index in [9.17, 15) is 9.18 Å². The molecule has 0 bridgehead atoms. The zero-order chi connectivity index (χ0) is 19.3. The summed E-state index contributed by atoms with van der Waals surface area (Å²) in [5.41, 5.74) is 1.22. The van der Waals surface area contributed by atoms with Gasteiger partial charge in [0.25, 0.3) is 0 Å². The van der Waals surface area contributed by atoms with Crippen molar-refractivity contribution >= 4 is 17.4 Å². The summed E-state index contributed by atoms with van der Waals surface area (Å²) in [7, 11) is 0. The van der Waals surface area contributed by atoms with Crippen molar-refractivity contribution in [2.45, 2.75) is 0 Å². The van der Waals surface area contributed by atoms with Crippen LogP contribution in [0.1, 0.15) is 0 Å². The fourth-order valence-electron chi connectivity index (χ4n) is 3.85. The van der Waals surface area contributed by atoms with Crippen LogP contribution in [0.5, 0.6) is 0 Å². The smallest absolute Gasteiger partial charge is 0.236 e. The monoisotopic (exact) mass is 383 g/mol. The molecule has 0 radical (unpaired) electrons. The molecule has 148 valence electrons. The first kappa shape index (κ1) is 18.7. The molecule has 1 aromatic heterocycles. The Bertz CT molecular complexity index is 786. The zero-order valence-corrected chi connectivity index (χ0v) is 16.0. The average Bonchev–Trinajstić information content (AvgIpc) is 2.75. The van der Waals surface area contributed by atoms with Crippen LogP contribution in [0.25, 0.3) is 0 Å². The molecule has 1 amide bonds. The van der Waals surface area contributed by atoms with Gasteiger partial charge in [-0.05, 0) is 24.3 Å². The second kappa shape index (κ2) is 8.56. The van der Waals surface area contributed by atoms with Crippen LogP contribution < -0.4 is 9.80 Å². The van der Waals surface area contributed by atoms with Gasteiger partial charge in [0, 0.05) is 58.0 Å². The SMILES string of the molecule is O=C(CN1CCN(c2cccc(F)n2)CC1)N1CCN(c2ccccc2)CC1. The molecule has 0 spiro atoms. The molecule has 2 aliphatic heterocycles. The van der Waals surface area contributed by atoms with E-state index in [0.717, 1.165) is 52.4 Å². The van der Waals surface area contributed by atoms with E-state index in [-0.39, 0.29) is 5.91 Å². The molecule has 2 aliphatic rings. The number of hydrogen-bond donors (Lipinski definition) is 0. The van der Waals surface area contributed by atoms with Gasteiger partial charge in [-0.2, -0.15) is 4.39 Å². The van der Waals surface area contributed by atoms with Gasteiger partial charge in [-0.1, -0.05) is 24.3 Å². The molecule has 0 unspecified atom stereocenters. The number of benzene rings is 1. The van der Waals surface area contributed by atoms with Crippen molar-refractivity contribution in [3.05, 3.63) is 54.5 Å². The van der Waals surface area contributed by atoms with Crippen LogP contribution in [0, 0.1) is 5.95 Å². The Morgan fingerprint density at radius 1 is 0.821 bits per heavy atom. The van der Waals surface area contributed by atoms with E-state index < -0.39 is 5.95 Å². The highest BCUT2D eigenvalue weighted by molar-refractivity contribution is 5.78. The number of anilines is 2. The fourth-order valence-corrected chi connectivity index (χ4v) is 3.85. The number of carbonyl (C=O) groups excluding carboxylic acids is 1. The minimum Gasteiger partial charge on any atom is -0.368 e. The first-order valence-corrected chi connectivity index (χ1v) is 9.87. The maximum atomic E-state index is 13.3. The minimum atomic E-state index is -0.454. The molecule has 0 saturated carbocycles. The minimum absolute atomic E-state index is 0.199. The van der Waals surface area contributed by atoms with Crippen LogP contribution in [0.4, 0.5) is 15.9 Å². The number of para-hydroxylation sites is 1. The number of rotatable bonds is 4. The number of nitrogens with zero attached hydrogens (tertiary/aromatic N) is 5. The van der Waals surface area contributed by atoms with Gasteiger partial charge in [0.2, 0.25) is 11.9 Å². The van der Waals surface area contributed by atoms with Crippen LogP contribution >= 0.6 is 0 Å². The van der Waals surface area contributed by atoms with Gasteiger partial charge in [0.1, 0.15) is 5.82 Å². The van der Waals surface area contributed by atoms with E-state index in [0.29, 0.717) is 12.4 Å². The molecule has 7 heteroatoms. The lowest BCUT2D eigenvalue weighted by Gasteiger charge is -2.38. The van der Waals surface area contributed by atoms with Crippen molar-refractivity contribution < 1.29 is 9.18 Å². The summed E-state index contributed by atoms with van der Waals surface area (Å²) in [6.45, 7) is 6.81. The molecule has 2 aromatic rings. The molecule has 4 rings (SSSR count). The predicted molar refractivity (Wildman–Crippen MR) is 108 cm³/mol. The topological polar surface area (TPSA) is 42.9 Å². The Balaban J connectivity index is 1.23. The van der Waals surface area contributed by atoms with E-state index in [4.69, 9.17) is 0 Å². The molecule has 0 atom stereocenters. The summed E-state index contributed by atoms with van der Waals surface area (Å²) < 4.78 is 13.3. The largest absolute Gasteiger partial charge is 0.368 e. The summed E-state index contributed by atoms with van der Waals surface area (Å²) >= 11 is 0. The summed E-state index contributed by atoms with van der Waals surface area (Å²) in [4.78, 5) is 25.2. The molecular weight excluding hydrogens is 357 g/mol. The highest BCUT2D eigenvalue weighted by Crippen LogP contribution is 2.17. The number of halogens is 1. The number of hydrogen-bond acceptors (Lipinski definition) is 5. The quantitative estimate of drug-likeness (QED) is 0.752. The molecule has 0 N–H and O–H groups in total. The fraction of sp³-hybridized carbons (Fsp3) is 0.429.